The Balaban J connectivity index is 1.91. The number of nitro benzene ring substituents is 1. The number of allylic oxidation sites excluding steroid dienone is 1. The van der Waals surface area contributed by atoms with Gasteiger partial charge in [0, 0.05) is 17.7 Å². The van der Waals surface area contributed by atoms with Gasteiger partial charge in [-0.2, -0.15) is 5.26 Å². The summed E-state index contributed by atoms with van der Waals surface area (Å²) in [5.74, 6) is 0.363. The van der Waals surface area contributed by atoms with Crippen LogP contribution in [0.15, 0.2) is 59.0 Å². The molecule has 3 aromatic rings. The summed E-state index contributed by atoms with van der Waals surface area (Å²) in [6.07, 6.45) is 1.52. The lowest BCUT2D eigenvalue weighted by Gasteiger charge is -2.00. The quantitative estimate of drug-likeness (QED) is 0.335. The van der Waals surface area contributed by atoms with Crippen molar-refractivity contribution < 1.29 is 13.7 Å². The van der Waals surface area contributed by atoms with E-state index in [2.05, 4.69) is 0 Å². The first kappa shape index (κ1) is 17.4. The number of nitrogens with zero attached hydrogens (tertiary/aromatic N) is 2. The van der Waals surface area contributed by atoms with E-state index in [0.29, 0.717) is 22.6 Å². The summed E-state index contributed by atoms with van der Waals surface area (Å²) in [7, 11) is 0. The first-order valence-corrected chi connectivity index (χ1v) is 7.77. The topological polar surface area (TPSA) is 80.1 Å². The molecule has 0 aliphatic carbocycles. The van der Waals surface area contributed by atoms with Crippen molar-refractivity contribution >= 4 is 28.9 Å². The maximum atomic E-state index is 13.3. The Bertz CT molecular complexity index is 1050. The SMILES string of the molecule is N#C/C(=C\c1ccc(-c2ccc(F)c(Cl)c2)o1)c1ccc([N+](=O)[O-])cc1. The molecule has 7 heteroatoms. The zero-order valence-electron chi connectivity index (χ0n) is 13.1. The van der Waals surface area contributed by atoms with Gasteiger partial charge in [-0.05, 0) is 54.1 Å². The third kappa shape index (κ3) is 3.63. The van der Waals surface area contributed by atoms with Crippen LogP contribution < -0.4 is 0 Å². The van der Waals surface area contributed by atoms with E-state index in [1.54, 1.807) is 12.1 Å². The van der Waals surface area contributed by atoms with Crippen LogP contribution in [0, 0.1) is 27.3 Å². The molecule has 0 aliphatic rings. The average molecular weight is 369 g/mol. The molecule has 0 amide bonds. The molecule has 1 aromatic heterocycles. The minimum atomic E-state index is -0.521. The van der Waals surface area contributed by atoms with Crippen LogP contribution in [0.5, 0.6) is 0 Å². The summed E-state index contributed by atoms with van der Waals surface area (Å²) < 4.78 is 18.9. The fourth-order valence-corrected chi connectivity index (χ4v) is 2.50. The van der Waals surface area contributed by atoms with E-state index in [1.807, 2.05) is 6.07 Å². The molecule has 2 aromatic carbocycles. The highest BCUT2D eigenvalue weighted by molar-refractivity contribution is 6.31. The lowest BCUT2D eigenvalue weighted by Crippen LogP contribution is -1.88. The van der Waals surface area contributed by atoms with Gasteiger partial charge in [-0.1, -0.05) is 11.6 Å². The second-order valence-corrected chi connectivity index (χ2v) is 5.71. The van der Waals surface area contributed by atoms with Crippen LogP contribution in [0.4, 0.5) is 10.1 Å². The number of hydrogen-bond acceptors (Lipinski definition) is 4. The number of nitriles is 1. The molecule has 0 unspecified atom stereocenters. The normalized spacial score (nSPS) is 11.2. The van der Waals surface area contributed by atoms with Crippen LogP contribution in [0.2, 0.25) is 5.02 Å². The number of benzene rings is 2. The van der Waals surface area contributed by atoms with E-state index in [4.69, 9.17) is 16.0 Å². The number of non-ortho nitro benzene ring substituents is 1. The predicted molar refractivity (Wildman–Crippen MR) is 95.7 cm³/mol. The van der Waals surface area contributed by atoms with Crippen molar-refractivity contribution in [3.63, 3.8) is 0 Å². The summed E-state index contributed by atoms with van der Waals surface area (Å²) >= 11 is 5.77. The molecule has 0 saturated heterocycles. The highest BCUT2D eigenvalue weighted by atomic mass is 35.5. The molecule has 0 spiro atoms. The summed E-state index contributed by atoms with van der Waals surface area (Å²) in [5.41, 5.74) is 1.36. The maximum absolute atomic E-state index is 13.3. The summed E-state index contributed by atoms with van der Waals surface area (Å²) in [4.78, 5) is 10.2. The molecule has 1 heterocycles. The van der Waals surface area contributed by atoms with Crippen molar-refractivity contribution in [1.82, 2.24) is 0 Å². The predicted octanol–water partition coefficient (Wildman–Crippen LogP) is 5.71. The fourth-order valence-electron chi connectivity index (χ4n) is 2.32. The van der Waals surface area contributed by atoms with Crippen LogP contribution in [0.25, 0.3) is 23.0 Å². The molecule has 26 heavy (non-hydrogen) atoms. The van der Waals surface area contributed by atoms with E-state index in [1.165, 1.54) is 48.5 Å². The zero-order valence-corrected chi connectivity index (χ0v) is 13.9. The van der Waals surface area contributed by atoms with Crippen molar-refractivity contribution in [3.8, 4) is 17.4 Å². The molecule has 0 atom stereocenters. The molecule has 0 fully saturated rings. The number of hydrogen-bond donors (Lipinski definition) is 0. The minimum Gasteiger partial charge on any atom is -0.457 e. The van der Waals surface area contributed by atoms with E-state index < -0.39 is 10.7 Å². The molecule has 0 radical (unpaired) electrons. The second-order valence-electron chi connectivity index (χ2n) is 5.30. The van der Waals surface area contributed by atoms with Gasteiger partial charge in [-0.25, -0.2) is 4.39 Å². The summed E-state index contributed by atoms with van der Waals surface area (Å²) in [6, 6.07) is 15.3. The van der Waals surface area contributed by atoms with Gasteiger partial charge in [0.15, 0.2) is 0 Å². The summed E-state index contributed by atoms with van der Waals surface area (Å²) in [5, 5.41) is 20.0. The standard InChI is InChI=1S/C19H10ClFN2O3/c20-17-10-13(3-7-18(17)21)19-8-6-16(26-19)9-14(11-22)12-1-4-15(5-2-12)23(24)25/h1-10H/b14-9+. The van der Waals surface area contributed by atoms with Crippen molar-refractivity contribution in [2.75, 3.05) is 0 Å². The van der Waals surface area contributed by atoms with E-state index in [0.717, 1.165) is 0 Å². The Morgan fingerprint density at radius 1 is 1.19 bits per heavy atom. The van der Waals surface area contributed by atoms with Gasteiger partial charge >= 0.3 is 0 Å². The van der Waals surface area contributed by atoms with Gasteiger partial charge in [0.25, 0.3) is 5.69 Å². The zero-order chi connectivity index (χ0) is 18.7. The number of halogens is 2. The monoisotopic (exact) mass is 368 g/mol. The van der Waals surface area contributed by atoms with Gasteiger partial charge in [-0.15, -0.1) is 0 Å². The molecule has 0 saturated carbocycles. The van der Waals surface area contributed by atoms with E-state index in [-0.39, 0.29) is 16.3 Å². The molecular formula is C19H10ClFN2O3. The molecule has 0 N–H and O–H groups in total. The van der Waals surface area contributed by atoms with Gasteiger partial charge in [0.2, 0.25) is 0 Å². The third-order valence-corrected chi connectivity index (χ3v) is 3.92. The lowest BCUT2D eigenvalue weighted by molar-refractivity contribution is -0.384. The Morgan fingerprint density at radius 2 is 1.92 bits per heavy atom. The van der Waals surface area contributed by atoms with Crippen molar-refractivity contribution in [2.24, 2.45) is 0 Å². The smallest absolute Gasteiger partial charge is 0.269 e. The van der Waals surface area contributed by atoms with Crippen molar-refractivity contribution in [2.45, 2.75) is 0 Å². The molecule has 128 valence electrons. The van der Waals surface area contributed by atoms with Crippen LogP contribution in [0.3, 0.4) is 0 Å². The van der Waals surface area contributed by atoms with Gasteiger partial charge in [0.05, 0.1) is 21.6 Å². The minimum absolute atomic E-state index is 0.0143. The fraction of sp³-hybridized carbons (Fsp3) is 0. The Labute approximate surface area is 152 Å². The Hall–Kier alpha value is -3.43. The van der Waals surface area contributed by atoms with Gasteiger partial charge < -0.3 is 4.42 Å². The molecule has 0 bridgehead atoms. The van der Waals surface area contributed by atoms with Crippen LogP contribution in [0.1, 0.15) is 11.3 Å². The third-order valence-electron chi connectivity index (χ3n) is 3.63. The second kappa shape index (κ2) is 7.21. The largest absolute Gasteiger partial charge is 0.457 e. The van der Waals surface area contributed by atoms with Gasteiger partial charge in [0.1, 0.15) is 17.3 Å². The molecular weight excluding hydrogens is 359 g/mol. The maximum Gasteiger partial charge on any atom is 0.269 e. The van der Waals surface area contributed by atoms with Crippen LogP contribution in [-0.2, 0) is 0 Å². The van der Waals surface area contributed by atoms with Gasteiger partial charge in [-0.3, -0.25) is 10.1 Å². The number of nitro groups is 1. The van der Waals surface area contributed by atoms with Crippen LogP contribution in [-0.4, -0.2) is 4.92 Å². The lowest BCUT2D eigenvalue weighted by atomic mass is 10.1. The Kier molecular flexibility index (Phi) is 4.83. The van der Waals surface area contributed by atoms with Crippen LogP contribution >= 0.6 is 11.6 Å². The first-order valence-electron chi connectivity index (χ1n) is 7.40. The molecule has 0 aliphatic heterocycles. The number of furan rings is 1. The summed E-state index contributed by atoms with van der Waals surface area (Å²) in [6.45, 7) is 0. The molecule has 3 rings (SSSR count). The van der Waals surface area contributed by atoms with Crippen molar-refractivity contribution in [3.05, 3.63) is 86.9 Å². The highest BCUT2D eigenvalue weighted by Crippen LogP contribution is 2.28. The number of rotatable bonds is 4. The van der Waals surface area contributed by atoms with E-state index >= 15 is 0 Å². The highest BCUT2D eigenvalue weighted by Gasteiger charge is 2.10. The average Bonchev–Trinajstić information content (AvgIpc) is 3.10. The molecule has 5 nitrogen and oxygen atoms in total. The first-order chi connectivity index (χ1) is 12.5. The Morgan fingerprint density at radius 3 is 2.54 bits per heavy atom. The van der Waals surface area contributed by atoms with E-state index in [9.17, 15) is 19.8 Å². The van der Waals surface area contributed by atoms with Crippen molar-refractivity contribution in [1.29, 1.82) is 5.26 Å².